The van der Waals surface area contributed by atoms with Gasteiger partial charge in [0.15, 0.2) is 0 Å². The van der Waals surface area contributed by atoms with E-state index >= 15 is 0 Å². The van der Waals surface area contributed by atoms with Gasteiger partial charge in [-0.25, -0.2) is 4.98 Å². The number of nitrogens with one attached hydrogen (secondary N) is 1. The first-order chi connectivity index (χ1) is 8.63. The van der Waals surface area contributed by atoms with Gasteiger partial charge in [-0.15, -0.1) is 0 Å². The van der Waals surface area contributed by atoms with Gasteiger partial charge < -0.3 is 10.2 Å². The highest BCUT2D eigenvalue weighted by atomic mass is 35.5. The van der Waals surface area contributed by atoms with E-state index in [2.05, 4.69) is 10.3 Å². The van der Waals surface area contributed by atoms with Crippen LogP contribution in [-0.4, -0.2) is 47.4 Å². The summed E-state index contributed by atoms with van der Waals surface area (Å²) in [6, 6.07) is 2.01. The summed E-state index contributed by atoms with van der Waals surface area (Å²) in [4.78, 5) is 18.3. The standard InChI is InChI=1S/C12H16ClN3OS/c1-14-11-5-9(10(13)6-15-11)12(17)16(2)8-3-4-18-7-8/h5-6,8H,3-4,7H2,1-2H3,(H,14,15). The molecule has 2 heterocycles. The van der Waals surface area contributed by atoms with Gasteiger partial charge in [0, 0.05) is 32.1 Å². The van der Waals surface area contributed by atoms with E-state index < -0.39 is 0 Å². The normalized spacial score (nSPS) is 18.7. The Morgan fingerprint density at radius 2 is 2.44 bits per heavy atom. The summed E-state index contributed by atoms with van der Waals surface area (Å²) < 4.78 is 0. The summed E-state index contributed by atoms with van der Waals surface area (Å²) in [7, 11) is 3.61. The molecule has 0 aliphatic carbocycles. The van der Waals surface area contributed by atoms with Crippen LogP contribution in [0.4, 0.5) is 5.82 Å². The number of carbonyl (C=O) groups excluding carboxylic acids is 1. The van der Waals surface area contributed by atoms with E-state index in [1.165, 1.54) is 6.20 Å². The van der Waals surface area contributed by atoms with E-state index in [1.807, 2.05) is 18.8 Å². The van der Waals surface area contributed by atoms with Crippen LogP contribution < -0.4 is 5.32 Å². The lowest BCUT2D eigenvalue weighted by molar-refractivity contribution is 0.0748. The first-order valence-electron chi connectivity index (χ1n) is 5.81. The van der Waals surface area contributed by atoms with E-state index in [4.69, 9.17) is 11.6 Å². The smallest absolute Gasteiger partial charge is 0.255 e. The van der Waals surface area contributed by atoms with Crippen LogP contribution >= 0.6 is 23.4 Å². The maximum atomic E-state index is 12.4. The van der Waals surface area contributed by atoms with Crippen LogP contribution in [0.5, 0.6) is 0 Å². The number of aromatic nitrogens is 1. The fraction of sp³-hybridized carbons (Fsp3) is 0.500. The first kappa shape index (κ1) is 13.5. The second-order valence-corrected chi connectivity index (χ2v) is 5.79. The molecule has 0 bridgehead atoms. The maximum Gasteiger partial charge on any atom is 0.255 e. The van der Waals surface area contributed by atoms with Crippen LogP contribution in [0.25, 0.3) is 0 Å². The zero-order valence-electron chi connectivity index (χ0n) is 10.4. The topological polar surface area (TPSA) is 45.2 Å². The summed E-state index contributed by atoms with van der Waals surface area (Å²) >= 11 is 7.94. The summed E-state index contributed by atoms with van der Waals surface area (Å²) in [6.07, 6.45) is 2.56. The molecule has 0 saturated carbocycles. The molecule has 0 spiro atoms. The summed E-state index contributed by atoms with van der Waals surface area (Å²) in [6.45, 7) is 0. The van der Waals surface area contributed by atoms with Crippen molar-refractivity contribution < 1.29 is 4.79 Å². The van der Waals surface area contributed by atoms with E-state index in [-0.39, 0.29) is 5.91 Å². The van der Waals surface area contributed by atoms with Crippen molar-refractivity contribution >= 4 is 35.1 Å². The molecule has 4 nitrogen and oxygen atoms in total. The van der Waals surface area contributed by atoms with Gasteiger partial charge in [0.2, 0.25) is 0 Å². The van der Waals surface area contributed by atoms with Crippen LogP contribution in [0, 0.1) is 0 Å². The molecule has 98 valence electrons. The Hall–Kier alpha value is -0.940. The Morgan fingerprint density at radius 3 is 3.06 bits per heavy atom. The van der Waals surface area contributed by atoms with Gasteiger partial charge in [0.1, 0.15) is 5.82 Å². The Kier molecular flexibility index (Phi) is 4.35. The van der Waals surface area contributed by atoms with Crippen LogP contribution in [0.2, 0.25) is 5.02 Å². The maximum absolute atomic E-state index is 12.4. The minimum atomic E-state index is -0.0357. The van der Waals surface area contributed by atoms with Crippen LogP contribution in [0.15, 0.2) is 12.3 Å². The molecule has 1 fully saturated rings. The van der Waals surface area contributed by atoms with E-state index in [0.29, 0.717) is 22.4 Å². The average molecular weight is 286 g/mol. The highest BCUT2D eigenvalue weighted by molar-refractivity contribution is 7.99. The number of hydrogen-bond donors (Lipinski definition) is 1. The Bertz CT molecular complexity index is 449. The molecule has 1 saturated heterocycles. The number of pyridine rings is 1. The van der Waals surface area contributed by atoms with Crippen molar-refractivity contribution in [1.82, 2.24) is 9.88 Å². The van der Waals surface area contributed by atoms with Crippen molar-refractivity contribution in [2.24, 2.45) is 0 Å². The van der Waals surface area contributed by atoms with Crippen molar-refractivity contribution in [3.8, 4) is 0 Å². The Balaban J connectivity index is 2.21. The third-order valence-electron chi connectivity index (χ3n) is 3.12. The number of amides is 1. The molecule has 1 atom stereocenters. The van der Waals surface area contributed by atoms with E-state index in [0.717, 1.165) is 17.9 Å². The Morgan fingerprint density at radius 1 is 1.67 bits per heavy atom. The molecule has 6 heteroatoms. The number of anilines is 1. The molecule has 1 aromatic rings. The first-order valence-corrected chi connectivity index (χ1v) is 7.35. The number of hydrogen-bond acceptors (Lipinski definition) is 4. The molecular weight excluding hydrogens is 270 g/mol. The van der Waals surface area contributed by atoms with Crippen molar-refractivity contribution in [2.45, 2.75) is 12.5 Å². The molecule has 1 unspecified atom stereocenters. The summed E-state index contributed by atoms with van der Waals surface area (Å²) in [5, 5.41) is 3.31. The van der Waals surface area contributed by atoms with Crippen molar-refractivity contribution in [1.29, 1.82) is 0 Å². The third kappa shape index (κ3) is 2.72. The summed E-state index contributed by atoms with van der Waals surface area (Å²) in [5.74, 6) is 2.74. The molecule has 1 aliphatic rings. The van der Waals surface area contributed by atoms with Crippen molar-refractivity contribution in [3.63, 3.8) is 0 Å². The van der Waals surface area contributed by atoms with Gasteiger partial charge in [0.25, 0.3) is 5.91 Å². The molecular formula is C12H16ClN3OS. The molecule has 0 aromatic carbocycles. The molecule has 2 rings (SSSR count). The van der Waals surface area contributed by atoms with Gasteiger partial charge >= 0.3 is 0 Å². The van der Waals surface area contributed by atoms with Crippen LogP contribution in [-0.2, 0) is 0 Å². The number of rotatable bonds is 3. The minimum absolute atomic E-state index is 0.0357. The fourth-order valence-electron chi connectivity index (χ4n) is 1.92. The van der Waals surface area contributed by atoms with Crippen LogP contribution in [0.3, 0.4) is 0 Å². The molecule has 1 amide bonds. The molecule has 1 aromatic heterocycles. The quantitative estimate of drug-likeness (QED) is 0.926. The number of thioether (sulfide) groups is 1. The lowest BCUT2D eigenvalue weighted by Gasteiger charge is -2.24. The predicted octanol–water partition coefficient (Wildman–Crippen LogP) is 2.35. The number of nitrogens with zero attached hydrogens (tertiary/aromatic N) is 2. The van der Waals surface area contributed by atoms with E-state index in [9.17, 15) is 4.79 Å². The van der Waals surface area contributed by atoms with Gasteiger partial charge in [-0.1, -0.05) is 11.6 Å². The highest BCUT2D eigenvalue weighted by Gasteiger charge is 2.26. The minimum Gasteiger partial charge on any atom is -0.373 e. The average Bonchev–Trinajstić information content (AvgIpc) is 2.91. The van der Waals surface area contributed by atoms with Gasteiger partial charge in [-0.05, 0) is 18.2 Å². The third-order valence-corrected chi connectivity index (χ3v) is 4.56. The number of carbonyl (C=O) groups is 1. The lowest BCUT2D eigenvalue weighted by atomic mass is 10.1. The molecule has 18 heavy (non-hydrogen) atoms. The van der Waals surface area contributed by atoms with Gasteiger partial charge in [0.05, 0.1) is 10.6 Å². The Labute approximate surface area is 116 Å². The molecule has 1 N–H and O–H groups in total. The van der Waals surface area contributed by atoms with Gasteiger partial charge in [-0.2, -0.15) is 11.8 Å². The largest absolute Gasteiger partial charge is 0.373 e. The second-order valence-electron chi connectivity index (χ2n) is 4.23. The fourth-order valence-corrected chi connectivity index (χ4v) is 3.37. The molecule has 1 aliphatic heterocycles. The second kappa shape index (κ2) is 5.80. The highest BCUT2D eigenvalue weighted by Crippen LogP contribution is 2.25. The monoisotopic (exact) mass is 285 g/mol. The van der Waals surface area contributed by atoms with Crippen LogP contribution in [0.1, 0.15) is 16.8 Å². The van der Waals surface area contributed by atoms with Gasteiger partial charge in [-0.3, -0.25) is 4.79 Å². The predicted molar refractivity (Wildman–Crippen MR) is 76.6 cm³/mol. The van der Waals surface area contributed by atoms with Crippen molar-refractivity contribution in [2.75, 3.05) is 30.9 Å². The zero-order valence-corrected chi connectivity index (χ0v) is 12.0. The summed E-state index contributed by atoms with van der Waals surface area (Å²) in [5.41, 5.74) is 0.510. The SMILES string of the molecule is CNc1cc(C(=O)N(C)C2CCSC2)c(Cl)cn1. The van der Waals surface area contributed by atoms with E-state index in [1.54, 1.807) is 18.0 Å². The molecule has 0 radical (unpaired) electrons. The zero-order chi connectivity index (χ0) is 13.1. The van der Waals surface area contributed by atoms with Crippen molar-refractivity contribution in [3.05, 3.63) is 22.8 Å². The number of halogens is 1. The lowest BCUT2D eigenvalue weighted by Crippen LogP contribution is -2.37.